The van der Waals surface area contributed by atoms with Crippen LogP contribution in [0.1, 0.15) is 25.0 Å². The second-order valence-corrected chi connectivity index (χ2v) is 3.98. The smallest absolute Gasteiger partial charge is 0.191 e. The Bertz CT molecular complexity index is 360. The largest absolute Gasteiger partial charge is 0.357 e. The molecule has 0 aromatic heterocycles. The van der Waals surface area contributed by atoms with E-state index in [1.54, 1.807) is 12.1 Å². The molecular weight excluding hydrogens is 196 g/mol. The van der Waals surface area contributed by atoms with Crippen LogP contribution in [0.3, 0.4) is 0 Å². The summed E-state index contributed by atoms with van der Waals surface area (Å²) in [7, 11) is 0. The lowest BCUT2D eigenvalue weighted by molar-refractivity contribution is 0.0613. The van der Waals surface area contributed by atoms with E-state index in [1.807, 2.05) is 0 Å². The number of rotatable bonds is 3. The molecule has 0 fully saturated rings. The average Bonchev–Trinajstić information content (AvgIpc) is 2.18. The van der Waals surface area contributed by atoms with Crippen LogP contribution < -0.4 is 0 Å². The second kappa shape index (κ2) is 4.39. The van der Waals surface area contributed by atoms with Crippen LogP contribution in [0.5, 0.6) is 0 Å². The third-order valence-electron chi connectivity index (χ3n) is 2.10. The highest BCUT2D eigenvalue weighted by Gasteiger charge is 2.30. The molecule has 0 N–H and O–H groups in total. The molecule has 1 aromatic rings. The number of benzene rings is 1. The summed E-state index contributed by atoms with van der Waals surface area (Å²) in [5, 5.41) is 8.26. The lowest BCUT2D eigenvalue weighted by Crippen LogP contribution is -2.09. The van der Waals surface area contributed by atoms with Gasteiger partial charge in [-0.2, -0.15) is 14.0 Å². The predicted molar refractivity (Wildman–Crippen MR) is 54.5 cm³/mol. The molecule has 1 rings (SSSR count). The van der Waals surface area contributed by atoms with E-state index in [0.717, 1.165) is 18.1 Å². The SMILES string of the molecule is CC(C)Cc1ccc(C(F)(F)C#N)cc1. The summed E-state index contributed by atoms with van der Waals surface area (Å²) in [5.41, 5.74) is 0.778. The van der Waals surface area contributed by atoms with Crippen LogP contribution in [-0.4, -0.2) is 0 Å². The average molecular weight is 209 g/mol. The summed E-state index contributed by atoms with van der Waals surface area (Å²) in [4.78, 5) is 0. The minimum Gasteiger partial charge on any atom is -0.191 e. The summed E-state index contributed by atoms with van der Waals surface area (Å²) in [6.07, 6.45) is 0.860. The zero-order valence-electron chi connectivity index (χ0n) is 8.80. The third kappa shape index (κ3) is 3.02. The van der Waals surface area contributed by atoms with Crippen molar-refractivity contribution in [1.82, 2.24) is 0 Å². The van der Waals surface area contributed by atoms with Gasteiger partial charge in [-0.15, -0.1) is 0 Å². The van der Waals surface area contributed by atoms with E-state index >= 15 is 0 Å². The zero-order chi connectivity index (χ0) is 11.5. The van der Waals surface area contributed by atoms with Gasteiger partial charge in [0.2, 0.25) is 0 Å². The Balaban J connectivity index is 2.87. The van der Waals surface area contributed by atoms with Gasteiger partial charge in [0.05, 0.1) is 0 Å². The molecule has 0 heterocycles. The maximum absolute atomic E-state index is 12.9. The predicted octanol–water partition coefficient (Wildman–Crippen LogP) is 3.50. The molecule has 80 valence electrons. The molecule has 0 spiro atoms. The summed E-state index contributed by atoms with van der Waals surface area (Å²) in [5.74, 6) is -2.89. The molecular formula is C12H13F2N. The van der Waals surface area contributed by atoms with Crippen molar-refractivity contribution in [3.63, 3.8) is 0 Å². The number of hydrogen-bond donors (Lipinski definition) is 0. The molecule has 0 aliphatic rings. The fraction of sp³-hybridized carbons (Fsp3) is 0.417. The Labute approximate surface area is 88.3 Å². The van der Waals surface area contributed by atoms with Crippen molar-refractivity contribution < 1.29 is 8.78 Å². The van der Waals surface area contributed by atoms with Crippen molar-refractivity contribution in [2.75, 3.05) is 0 Å². The molecule has 1 nitrogen and oxygen atoms in total. The Morgan fingerprint density at radius 2 is 1.80 bits per heavy atom. The molecule has 0 unspecified atom stereocenters. The number of nitriles is 1. The molecule has 0 amide bonds. The van der Waals surface area contributed by atoms with Gasteiger partial charge in [0.25, 0.3) is 0 Å². The number of nitrogens with zero attached hydrogens (tertiary/aromatic N) is 1. The highest BCUT2D eigenvalue weighted by atomic mass is 19.3. The van der Waals surface area contributed by atoms with Gasteiger partial charge in [-0.1, -0.05) is 38.1 Å². The molecule has 0 saturated heterocycles. The van der Waals surface area contributed by atoms with E-state index in [1.165, 1.54) is 12.1 Å². The van der Waals surface area contributed by atoms with Crippen molar-refractivity contribution >= 4 is 0 Å². The van der Waals surface area contributed by atoms with Gasteiger partial charge in [0.15, 0.2) is 0 Å². The van der Waals surface area contributed by atoms with E-state index < -0.39 is 5.92 Å². The van der Waals surface area contributed by atoms with Crippen molar-refractivity contribution in [2.24, 2.45) is 5.92 Å². The first-order chi connectivity index (χ1) is 6.95. The lowest BCUT2D eigenvalue weighted by atomic mass is 10.0. The Kier molecular flexibility index (Phi) is 3.41. The van der Waals surface area contributed by atoms with E-state index in [-0.39, 0.29) is 5.56 Å². The summed E-state index contributed by atoms with van der Waals surface area (Å²) >= 11 is 0. The quantitative estimate of drug-likeness (QED) is 0.747. The molecule has 0 bridgehead atoms. The monoisotopic (exact) mass is 209 g/mol. The normalized spacial score (nSPS) is 11.5. The van der Waals surface area contributed by atoms with E-state index in [9.17, 15) is 8.78 Å². The van der Waals surface area contributed by atoms with E-state index in [2.05, 4.69) is 13.8 Å². The van der Waals surface area contributed by atoms with Gasteiger partial charge >= 0.3 is 5.92 Å². The van der Waals surface area contributed by atoms with Crippen LogP contribution in [0.2, 0.25) is 0 Å². The summed E-state index contributed by atoms with van der Waals surface area (Å²) in [6.45, 7) is 4.13. The summed E-state index contributed by atoms with van der Waals surface area (Å²) < 4.78 is 25.8. The van der Waals surface area contributed by atoms with Crippen LogP contribution in [0.4, 0.5) is 8.78 Å². The number of halogens is 2. The maximum atomic E-state index is 12.9. The van der Waals surface area contributed by atoms with Gasteiger partial charge in [0, 0.05) is 5.56 Å². The lowest BCUT2D eigenvalue weighted by Gasteiger charge is -2.09. The van der Waals surface area contributed by atoms with Crippen molar-refractivity contribution in [1.29, 1.82) is 5.26 Å². The molecule has 1 aromatic carbocycles. The Hall–Kier alpha value is -1.43. The van der Waals surface area contributed by atoms with Crippen LogP contribution in [0, 0.1) is 17.2 Å². The van der Waals surface area contributed by atoms with Gasteiger partial charge < -0.3 is 0 Å². The van der Waals surface area contributed by atoms with Gasteiger partial charge in [-0.25, -0.2) is 0 Å². The second-order valence-electron chi connectivity index (χ2n) is 3.98. The highest BCUT2D eigenvalue weighted by Crippen LogP contribution is 2.27. The van der Waals surface area contributed by atoms with Crippen LogP contribution in [0.25, 0.3) is 0 Å². The van der Waals surface area contributed by atoms with Crippen LogP contribution >= 0.6 is 0 Å². The highest BCUT2D eigenvalue weighted by molar-refractivity contribution is 5.29. The molecule has 0 aliphatic heterocycles. The molecule has 3 heteroatoms. The van der Waals surface area contributed by atoms with E-state index in [4.69, 9.17) is 5.26 Å². The van der Waals surface area contributed by atoms with Crippen molar-refractivity contribution in [2.45, 2.75) is 26.2 Å². The first-order valence-electron chi connectivity index (χ1n) is 4.84. The molecule has 0 atom stereocenters. The van der Waals surface area contributed by atoms with Gasteiger partial charge in [-0.05, 0) is 17.9 Å². The molecule has 0 radical (unpaired) electrons. The topological polar surface area (TPSA) is 23.8 Å². The fourth-order valence-electron chi connectivity index (χ4n) is 1.39. The van der Waals surface area contributed by atoms with Crippen LogP contribution in [-0.2, 0) is 12.3 Å². The van der Waals surface area contributed by atoms with Gasteiger partial charge in [-0.3, -0.25) is 0 Å². The summed E-state index contributed by atoms with van der Waals surface area (Å²) in [6, 6.07) is 6.93. The third-order valence-corrected chi connectivity index (χ3v) is 2.10. The molecule has 15 heavy (non-hydrogen) atoms. The van der Waals surface area contributed by atoms with Gasteiger partial charge in [0.1, 0.15) is 6.07 Å². The van der Waals surface area contributed by atoms with E-state index in [0.29, 0.717) is 5.92 Å². The van der Waals surface area contributed by atoms with Crippen molar-refractivity contribution in [3.8, 4) is 6.07 Å². The standard InChI is InChI=1S/C12H13F2N/c1-9(2)7-10-3-5-11(6-4-10)12(13,14)8-15/h3-6,9H,7H2,1-2H3. The Morgan fingerprint density at radius 3 is 2.20 bits per heavy atom. The van der Waals surface area contributed by atoms with Crippen LogP contribution in [0.15, 0.2) is 24.3 Å². The minimum atomic E-state index is -3.38. The number of alkyl halides is 2. The first kappa shape index (κ1) is 11.6. The zero-order valence-corrected chi connectivity index (χ0v) is 8.80. The molecule has 0 saturated carbocycles. The van der Waals surface area contributed by atoms with Crippen molar-refractivity contribution in [3.05, 3.63) is 35.4 Å². The fourth-order valence-corrected chi connectivity index (χ4v) is 1.39. The minimum absolute atomic E-state index is 0.238. The first-order valence-corrected chi connectivity index (χ1v) is 4.84. The Morgan fingerprint density at radius 1 is 1.27 bits per heavy atom. The number of hydrogen-bond acceptors (Lipinski definition) is 1. The maximum Gasteiger partial charge on any atom is 0.357 e. The molecule has 0 aliphatic carbocycles.